The predicted molar refractivity (Wildman–Crippen MR) is 216 cm³/mol. The molecular weight excluding hydrogens is 675 g/mol. The number of allylic oxidation sites excluding steroid dienone is 10. The Hall–Kier alpha value is -2.25. The molecule has 0 heterocycles. The molecule has 0 unspecified atom stereocenters. The molecule has 52 heavy (non-hydrogen) atoms. The van der Waals surface area contributed by atoms with Crippen LogP contribution in [-0.2, 0) is 28.2 Å². The van der Waals surface area contributed by atoms with Gasteiger partial charge >= 0.3 is 19.8 Å². The van der Waals surface area contributed by atoms with Crippen LogP contribution in [-0.4, -0.2) is 41.0 Å². The Bertz CT molecular complexity index is 1030. The lowest BCUT2D eigenvalue weighted by Gasteiger charge is -2.18. The molecular formula is C43H75O8P. The first-order chi connectivity index (χ1) is 25.3. The van der Waals surface area contributed by atoms with Gasteiger partial charge in [0.2, 0.25) is 0 Å². The average Bonchev–Trinajstić information content (AvgIpc) is 3.11. The molecule has 0 saturated carbocycles. The van der Waals surface area contributed by atoms with Gasteiger partial charge in [-0.3, -0.25) is 14.1 Å². The van der Waals surface area contributed by atoms with Crippen LogP contribution in [0.5, 0.6) is 0 Å². The van der Waals surface area contributed by atoms with E-state index >= 15 is 0 Å². The van der Waals surface area contributed by atoms with Crippen LogP contribution in [0.2, 0.25) is 0 Å². The SMILES string of the molecule is CC/C=C\C/C=C\C/C=C\C/C=C\C/C=C\CCCC(=O)OC[C@H](COP(=O)(O)O)OC(=O)CCCCCCCCCCCCCCCCCCC. The predicted octanol–water partition coefficient (Wildman–Crippen LogP) is 12.5. The first kappa shape index (κ1) is 49.8. The molecule has 1 atom stereocenters. The first-order valence-electron chi connectivity index (χ1n) is 20.6. The first-order valence-corrected chi connectivity index (χ1v) is 22.1. The minimum absolute atomic E-state index is 0.188. The maximum Gasteiger partial charge on any atom is 0.469 e. The quantitative estimate of drug-likeness (QED) is 0.0279. The zero-order valence-corrected chi connectivity index (χ0v) is 33.8. The Morgan fingerprint density at radius 2 is 0.923 bits per heavy atom. The van der Waals surface area contributed by atoms with Crippen LogP contribution in [0.15, 0.2) is 60.8 Å². The monoisotopic (exact) mass is 751 g/mol. The second kappa shape index (κ2) is 38.5. The van der Waals surface area contributed by atoms with Gasteiger partial charge in [-0.15, -0.1) is 0 Å². The Balaban J connectivity index is 4.01. The summed E-state index contributed by atoms with van der Waals surface area (Å²) >= 11 is 0. The number of carbonyl (C=O) groups excluding carboxylic acids is 2. The summed E-state index contributed by atoms with van der Waals surface area (Å²) in [6, 6.07) is 0. The lowest BCUT2D eigenvalue weighted by molar-refractivity contribution is -0.161. The van der Waals surface area contributed by atoms with E-state index in [9.17, 15) is 14.2 Å². The van der Waals surface area contributed by atoms with Gasteiger partial charge < -0.3 is 19.3 Å². The number of esters is 2. The van der Waals surface area contributed by atoms with Gasteiger partial charge in [0, 0.05) is 12.8 Å². The molecule has 0 aliphatic rings. The molecule has 0 aliphatic carbocycles. The van der Waals surface area contributed by atoms with Gasteiger partial charge in [0.15, 0.2) is 6.10 Å². The Kier molecular flexibility index (Phi) is 36.8. The van der Waals surface area contributed by atoms with Crippen molar-refractivity contribution >= 4 is 19.8 Å². The highest BCUT2D eigenvalue weighted by atomic mass is 31.2. The van der Waals surface area contributed by atoms with Crippen LogP contribution in [0.25, 0.3) is 0 Å². The van der Waals surface area contributed by atoms with E-state index in [-0.39, 0.29) is 19.4 Å². The number of hydrogen-bond donors (Lipinski definition) is 2. The number of unbranched alkanes of at least 4 members (excludes halogenated alkanes) is 17. The summed E-state index contributed by atoms with van der Waals surface area (Å²) in [4.78, 5) is 42.8. The highest BCUT2D eigenvalue weighted by molar-refractivity contribution is 7.46. The lowest BCUT2D eigenvalue weighted by atomic mass is 10.0. The van der Waals surface area contributed by atoms with Gasteiger partial charge in [-0.05, 0) is 51.4 Å². The molecule has 0 aromatic rings. The van der Waals surface area contributed by atoms with Crippen molar-refractivity contribution in [2.45, 2.75) is 187 Å². The Morgan fingerprint density at radius 1 is 0.519 bits per heavy atom. The summed E-state index contributed by atoms with van der Waals surface area (Å²) in [6.45, 7) is 3.53. The summed E-state index contributed by atoms with van der Waals surface area (Å²) in [5.41, 5.74) is 0. The second-order valence-corrected chi connectivity index (χ2v) is 14.8. The van der Waals surface area contributed by atoms with Gasteiger partial charge in [0.25, 0.3) is 0 Å². The van der Waals surface area contributed by atoms with Crippen LogP contribution in [0.4, 0.5) is 0 Å². The number of ether oxygens (including phenoxy) is 2. The molecule has 0 rings (SSSR count). The summed E-state index contributed by atoms with van der Waals surface area (Å²) in [6.07, 6.45) is 48.0. The van der Waals surface area contributed by atoms with E-state index in [4.69, 9.17) is 19.3 Å². The molecule has 0 bridgehead atoms. The van der Waals surface area contributed by atoms with E-state index in [2.05, 4.69) is 73.1 Å². The molecule has 0 amide bonds. The van der Waals surface area contributed by atoms with E-state index < -0.39 is 32.5 Å². The van der Waals surface area contributed by atoms with E-state index in [0.29, 0.717) is 12.8 Å². The molecule has 8 nitrogen and oxygen atoms in total. The minimum atomic E-state index is -4.77. The maximum atomic E-state index is 12.4. The zero-order chi connectivity index (χ0) is 38.2. The fourth-order valence-corrected chi connectivity index (χ4v) is 5.89. The van der Waals surface area contributed by atoms with E-state index in [1.807, 2.05) is 6.08 Å². The summed E-state index contributed by atoms with van der Waals surface area (Å²) in [5, 5.41) is 0. The smallest absolute Gasteiger partial charge is 0.462 e. The lowest BCUT2D eigenvalue weighted by Crippen LogP contribution is -2.29. The topological polar surface area (TPSA) is 119 Å². The van der Waals surface area contributed by atoms with Crippen LogP contribution in [0.1, 0.15) is 181 Å². The molecule has 0 aromatic carbocycles. The molecule has 0 radical (unpaired) electrons. The van der Waals surface area contributed by atoms with E-state index in [1.165, 1.54) is 83.5 Å². The highest BCUT2D eigenvalue weighted by Crippen LogP contribution is 2.36. The van der Waals surface area contributed by atoms with Crippen molar-refractivity contribution < 1.29 is 37.9 Å². The van der Waals surface area contributed by atoms with Crippen LogP contribution >= 0.6 is 7.82 Å². The normalized spacial score (nSPS) is 13.1. The molecule has 9 heteroatoms. The average molecular weight is 751 g/mol. The molecule has 0 aliphatic heterocycles. The van der Waals surface area contributed by atoms with Gasteiger partial charge in [-0.2, -0.15) is 0 Å². The Labute approximate surface area is 317 Å². The minimum Gasteiger partial charge on any atom is -0.462 e. The number of carbonyl (C=O) groups is 2. The van der Waals surface area contributed by atoms with Gasteiger partial charge in [0.1, 0.15) is 6.61 Å². The number of hydrogen-bond acceptors (Lipinski definition) is 6. The maximum absolute atomic E-state index is 12.4. The molecule has 0 aromatic heterocycles. The summed E-state index contributed by atoms with van der Waals surface area (Å²) < 4.78 is 26.3. The van der Waals surface area contributed by atoms with Crippen LogP contribution in [0, 0.1) is 0 Å². The third kappa shape index (κ3) is 40.5. The molecule has 0 saturated heterocycles. The molecule has 300 valence electrons. The fourth-order valence-electron chi connectivity index (χ4n) is 5.53. The van der Waals surface area contributed by atoms with Crippen molar-refractivity contribution in [1.29, 1.82) is 0 Å². The molecule has 0 spiro atoms. The largest absolute Gasteiger partial charge is 0.469 e. The Morgan fingerprint density at radius 3 is 1.37 bits per heavy atom. The summed E-state index contributed by atoms with van der Waals surface area (Å²) in [7, 11) is -4.77. The third-order valence-electron chi connectivity index (χ3n) is 8.55. The molecule has 2 N–H and O–H groups in total. The third-order valence-corrected chi connectivity index (χ3v) is 9.04. The van der Waals surface area contributed by atoms with Crippen molar-refractivity contribution in [3.05, 3.63) is 60.8 Å². The van der Waals surface area contributed by atoms with Crippen molar-refractivity contribution in [1.82, 2.24) is 0 Å². The molecule has 0 fully saturated rings. The van der Waals surface area contributed by atoms with Crippen molar-refractivity contribution in [2.24, 2.45) is 0 Å². The number of rotatable bonds is 37. The van der Waals surface area contributed by atoms with Crippen LogP contribution in [0.3, 0.4) is 0 Å². The number of phosphoric ester groups is 1. The fraction of sp³-hybridized carbons (Fsp3) is 0.721. The van der Waals surface area contributed by atoms with Crippen molar-refractivity contribution in [3.8, 4) is 0 Å². The summed E-state index contributed by atoms with van der Waals surface area (Å²) in [5.74, 6) is -0.951. The van der Waals surface area contributed by atoms with Crippen molar-refractivity contribution in [2.75, 3.05) is 13.2 Å². The highest BCUT2D eigenvalue weighted by Gasteiger charge is 2.22. The van der Waals surface area contributed by atoms with Gasteiger partial charge in [0.05, 0.1) is 6.61 Å². The van der Waals surface area contributed by atoms with Gasteiger partial charge in [-0.25, -0.2) is 4.57 Å². The van der Waals surface area contributed by atoms with Gasteiger partial charge in [-0.1, -0.05) is 177 Å². The second-order valence-electron chi connectivity index (χ2n) is 13.6. The zero-order valence-electron chi connectivity index (χ0n) is 32.9. The standard InChI is InChI=1S/C43H75O8P/c1-3-5-7-9-11-13-15-17-19-21-23-25-27-29-31-33-35-37-42(44)49-39-41(40-50-52(46,47)48)51-43(45)38-36-34-32-30-28-26-24-22-20-18-16-14-12-10-8-6-4-2/h5,7,11,13,17,19,23,25,29,31,41H,3-4,6,8-10,12,14-16,18,20-22,24,26-28,30,32-40H2,1-2H3,(H2,46,47,48)/b7-5-,13-11-,19-17-,25-23-,31-29-/t41-/m1/s1. The number of phosphoric acid groups is 1. The van der Waals surface area contributed by atoms with E-state index in [1.54, 1.807) is 0 Å². The van der Waals surface area contributed by atoms with Crippen LogP contribution < -0.4 is 0 Å². The van der Waals surface area contributed by atoms with Crippen molar-refractivity contribution in [3.63, 3.8) is 0 Å². The van der Waals surface area contributed by atoms with E-state index in [0.717, 1.165) is 57.8 Å².